The van der Waals surface area contributed by atoms with Crippen LogP contribution in [-0.2, 0) is 8.85 Å². The van der Waals surface area contributed by atoms with Crippen LogP contribution in [0.5, 0.6) is 0 Å². The van der Waals surface area contributed by atoms with Gasteiger partial charge in [-0.05, 0) is 48.6 Å². The summed E-state index contributed by atoms with van der Waals surface area (Å²) in [5, 5.41) is 0. The Balaban J connectivity index is 3.68. The Hall–Kier alpha value is 0.354. The molecule has 146 valence electrons. The maximum absolute atomic E-state index is 6.25. The van der Waals surface area contributed by atoms with Crippen LogP contribution in [-0.4, -0.2) is 31.7 Å². The summed E-state index contributed by atoms with van der Waals surface area (Å²) in [7, 11) is -0.650. The van der Waals surface area contributed by atoms with Crippen LogP contribution < -0.4 is 0 Å². The van der Waals surface area contributed by atoms with Crippen molar-refractivity contribution in [3.63, 3.8) is 0 Å². The van der Waals surface area contributed by atoms with Gasteiger partial charge in [-0.15, -0.1) is 0 Å². The van der Waals surface area contributed by atoms with Crippen molar-refractivity contribution >= 4 is 19.5 Å². The molecule has 2 atom stereocenters. The average Bonchev–Trinajstić information content (AvgIpc) is 2.46. The van der Waals surface area contributed by atoms with Crippen molar-refractivity contribution in [2.24, 2.45) is 23.7 Å². The van der Waals surface area contributed by atoms with Crippen molar-refractivity contribution in [3.05, 3.63) is 0 Å². The zero-order valence-electron chi connectivity index (χ0n) is 17.9. The van der Waals surface area contributed by atoms with Crippen molar-refractivity contribution < 1.29 is 8.85 Å². The average molecular weight is 375 g/mol. The lowest BCUT2D eigenvalue weighted by molar-refractivity contribution is 0.132. The third-order valence-corrected chi connectivity index (χ3v) is 7.50. The van der Waals surface area contributed by atoms with Gasteiger partial charge in [0.1, 0.15) is 0 Å². The Kier molecular flexibility index (Phi) is 14.7. The monoisotopic (exact) mass is 374 g/mol. The third kappa shape index (κ3) is 13.6. The van der Waals surface area contributed by atoms with E-state index in [0.29, 0.717) is 24.0 Å². The van der Waals surface area contributed by atoms with Crippen molar-refractivity contribution in [1.82, 2.24) is 0 Å². The topological polar surface area (TPSA) is 18.5 Å². The molecule has 4 heteroatoms. The SMILES string of the molecule is CC(C)CC(O[SiH2]CCCC[SiH2]OC(CC(C)C)C(C)C)C(C)C. The Morgan fingerprint density at radius 2 is 0.917 bits per heavy atom. The maximum Gasteiger partial charge on any atom is 0.161 e. The summed E-state index contributed by atoms with van der Waals surface area (Å²) < 4.78 is 12.5. The molecule has 0 bridgehead atoms. The summed E-state index contributed by atoms with van der Waals surface area (Å²) in [6.45, 7) is 18.4. The zero-order valence-corrected chi connectivity index (χ0v) is 20.8. The molecule has 0 aromatic heterocycles. The summed E-state index contributed by atoms with van der Waals surface area (Å²) in [6, 6.07) is 2.69. The fourth-order valence-corrected chi connectivity index (χ4v) is 6.12. The van der Waals surface area contributed by atoms with E-state index in [0.717, 1.165) is 11.8 Å². The van der Waals surface area contributed by atoms with Crippen LogP contribution in [0.1, 0.15) is 81.1 Å². The fourth-order valence-electron chi connectivity index (χ4n) is 3.02. The van der Waals surface area contributed by atoms with Gasteiger partial charge < -0.3 is 8.85 Å². The standard InChI is InChI=1S/C20H46O2Si2/c1-15(2)13-19(17(5)6)21-23-11-9-10-12-24-22-20(18(7)8)14-16(3)4/h15-20H,9-14,23-24H2,1-8H3. The molecule has 0 aliphatic carbocycles. The summed E-state index contributed by atoms with van der Waals surface area (Å²) in [4.78, 5) is 0. The Morgan fingerprint density at radius 1 is 0.583 bits per heavy atom. The third-order valence-electron chi connectivity index (χ3n) is 4.60. The molecule has 0 saturated carbocycles. The molecule has 0 aliphatic heterocycles. The second kappa shape index (κ2) is 14.5. The molecule has 0 aromatic carbocycles. The predicted octanol–water partition coefficient (Wildman–Crippen LogP) is 4.95. The second-order valence-corrected chi connectivity index (χ2v) is 11.9. The molecule has 0 rings (SSSR count). The highest BCUT2D eigenvalue weighted by atomic mass is 28.2. The molecule has 0 fully saturated rings. The van der Waals surface area contributed by atoms with Gasteiger partial charge in [0.05, 0.1) is 0 Å². The molecule has 0 amide bonds. The summed E-state index contributed by atoms with van der Waals surface area (Å²) in [5.41, 5.74) is 0. The Morgan fingerprint density at radius 3 is 1.17 bits per heavy atom. The summed E-state index contributed by atoms with van der Waals surface area (Å²) in [6.07, 6.45) is 6.14. The highest BCUT2D eigenvalue weighted by Gasteiger charge is 2.16. The van der Waals surface area contributed by atoms with Crippen LogP contribution in [0.2, 0.25) is 12.1 Å². The molecular formula is C20H46O2Si2. The van der Waals surface area contributed by atoms with Gasteiger partial charge in [-0.1, -0.05) is 68.2 Å². The van der Waals surface area contributed by atoms with E-state index in [4.69, 9.17) is 8.85 Å². The molecule has 0 aromatic rings. The lowest BCUT2D eigenvalue weighted by atomic mass is 9.98. The zero-order chi connectivity index (χ0) is 18.5. The van der Waals surface area contributed by atoms with Crippen molar-refractivity contribution in [2.45, 2.75) is 105 Å². The largest absolute Gasteiger partial charge is 0.421 e. The van der Waals surface area contributed by atoms with E-state index in [1.807, 2.05) is 0 Å². The molecule has 0 saturated heterocycles. The van der Waals surface area contributed by atoms with Crippen LogP contribution in [0.15, 0.2) is 0 Å². The first kappa shape index (κ1) is 24.4. The second-order valence-electron chi connectivity index (χ2n) is 8.98. The van der Waals surface area contributed by atoms with E-state index in [9.17, 15) is 0 Å². The molecular weight excluding hydrogens is 328 g/mol. The van der Waals surface area contributed by atoms with Gasteiger partial charge in [0.15, 0.2) is 19.5 Å². The van der Waals surface area contributed by atoms with E-state index in [1.165, 1.54) is 37.8 Å². The van der Waals surface area contributed by atoms with Gasteiger partial charge in [-0.3, -0.25) is 0 Å². The van der Waals surface area contributed by atoms with E-state index in [2.05, 4.69) is 55.4 Å². The van der Waals surface area contributed by atoms with Crippen LogP contribution >= 0.6 is 0 Å². The first-order chi connectivity index (χ1) is 11.2. The van der Waals surface area contributed by atoms with Gasteiger partial charge in [0, 0.05) is 12.2 Å². The first-order valence-electron chi connectivity index (χ1n) is 10.5. The number of hydrogen-bond donors (Lipinski definition) is 0. The van der Waals surface area contributed by atoms with Crippen LogP contribution in [0, 0.1) is 23.7 Å². The minimum absolute atomic E-state index is 0.325. The number of unbranched alkanes of at least 4 members (excludes halogenated alkanes) is 1. The van der Waals surface area contributed by atoms with Gasteiger partial charge >= 0.3 is 0 Å². The van der Waals surface area contributed by atoms with Crippen molar-refractivity contribution in [1.29, 1.82) is 0 Å². The lowest BCUT2D eigenvalue weighted by Gasteiger charge is -2.24. The number of hydrogen-bond acceptors (Lipinski definition) is 2. The van der Waals surface area contributed by atoms with Gasteiger partial charge in [0.2, 0.25) is 0 Å². The van der Waals surface area contributed by atoms with E-state index in [-0.39, 0.29) is 19.5 Å². The molecule has 0 aliphatic rings. The van der Waals surface area contributed by atoms with Gasteiger partial charge in [-0.25, -0.2) is 0 Å². The Bertz CT molecular complexity index is 253. The quantitative estimate of drug-likeness (QED) is 0.298. The van der Waals surface area contributed by atoms with Gasteiger partial charge in [-0.2, -0.15) is 0 Å². The summed E-state index contributed by atoms with van der Waals surface area (Å²) >= 11 is 0. The van der Waals surface area contributed by atoms with E-state index >= 15 is 0 Å². The van der Waals surface area contributed by atoms with Gasteiger partial charge in [0.25, 0.3) is 0 Å². The van der Waals surface area contributed by atoms with E-state index < -0.39 is 0 Å². The fraction of sp³-hybridized carbons (Fsp3) is 1.00. The normalized spacial score (nSPS) is 16.0. The minimum Gasteiger partial charge on any atom is -0.421 e. The molecule has 0 heterocycles. The van der Waals surface area contributed by atoms with Crippen LogP contribution in [0.3, 0.4) is 0 Å². The first-order valence-corrected chi connectivity index (χ1v) is 13.6. The van der Waals surface area contributed by atoms with Crippen molar-refractivity contribution in [3.8, 4) is 0 Å². The predicted molar refractivity (Wildman–Crippen MR) is 114 cm³/mol. The van der Waals surface area contributed by atoms with Crippen LogP contribution in [0.25, 0.3) is 0 Å². The maximum atomic E-state index is 6.25. The molecule has 2 unspecified atom stereocenters. The molecule has 0 N–H and O–H groups in total. The lowest BCUT2D eigenvalue weighted by Crippen LogP contribution is -2.24. The number of rotatable bonds is 15. The minimum atomic E-state index is -0.325. The molecule has 2 nitrogen and oxygen atoms in total. The highest BCUT2D eigenvalue weighted by molar-refractivity contribution is 6.27. The molecule has 0 spiro atoms. The molecule has 24 heavy (non-hydrogen) atoms. The van der Waals surface area contributed by atoms with E-state index in [1.54, 1.807) is 0 Å². The Labute approximate surface area is 157 Å². The molecule has 0 radical (unpaired) electrons. The van der Waals surface area contributed by atoms with Crippen LogP contribution in [0.4, 0.5) is 0 Å². The summed E-state index contributed by atoms with van der Waals surface area (Å²) in [5.74, 6) is 2.81. The van der Waals surface area contributed by atoms with Crippen molar-refractivity contribution in [2.75, 3.05) is 0 Å². The highest BCUT2D eigenvalue weighted by Crippen LogP contribution is 2.18. The smallest absolute Gasteiger partial charge is 0.161 e.